The molecule has 0 atom stereocenters. The lowest BCUT2D eigenvalue weighted by atomic mass is 10.1. The summed E-state index contributed by atoms with van der Waals surface area (Å²) in [5, 5.41) is 0. The van der Waals surface area contributed by atoms with Crippen LogP contribution in [0.5, 0.6) is 0 Å². The van der Waals surface area contributed by atoms with Crippen molar-refractivity contribution >= 4 is 21.6 Å². The third kappa shape index (κ3) is 1.87. The summed E-state index contributed by atoms with van der Waals surface area (Å²) >= 11 is 0. The van der Waals surface area contributed by atoms with Crippen LogP contribution in [0.3, 0.4) is 0 Å². The van der Waals surface area contributed by atoms with Crippen LogP contribution in [0.25, 0.3) is 0 Å². The number of benzene rings is 1. The molecule has 5 nitrogen and oxygen atoms in total. The highest BCUT2D eigenvalue weighted by molar-refractivity contribution is 7.90. The molecule has 1 aliphatic heterocycles. The first-order chi connectivity index (χ1) is 7.84. The van der Waals surface area contributed by atoms with E-state index in [1.807, 2.05) is 13.0 Å². The Bertz CT molecular complexity index is 552. The highest BCUT2D eigenvalue weighted by Crippen LogP contribution is 2.34. The molecule has 0 amide bonds. The molecular weight excluding hydrogens is 238 g/mol. The molecule has 0 saturated carbocycles. The highest BCUT2D eigenvalue weighted by atomic mass is 32.2. The van der Waals surface area contributed by atoms with E-state index in [9.17, 15) is 8.42 Å². The van der Waals surface area contributed by atoms with Crippen LogP contribution in [0, 0.1) is 6.92 Å². The Kier molecular flexibility index (Phi) is 2.79. The van der Waals surface area contributed by atoms with Gasteiger partial charge in [0.05, 0.1) is 5.69 Å². The molecule has 1 aromatic rings. The zero-order valence-electron chi connectivity index (χ0n) is 10.3. The average Bonchev–Trinajstić information content (AvgIpc) is 2.62. The topological polar surface area (TPSA) is 66.6 Å². The monoisotopic (exact) mass is 255 g/mol. The van der Waals surface area contributed by atoms with E-state index in [-0.39, 0.29) is 0 Å². The number of hydrogen-bond donors (Lipinski definition) is 1. The standard InChI is InChI=1S/C11H17N3O2S/c1-8-6-9-4-5-14(11(9)7-10(8)12)17(15,16)13(2)3/h6-7H,4-5,12H2,1-3H3. The van der Waals surface area contributed by atoms with Gasteiger partial charge in [0.1, 0.15) is 0 Å². The van der Waals surface area contributed by atoms with Crippen molar-refractivity contribution in [3.8, 4) is 0 Å². The van der Waals surface area contributed by atoms with Gasteiger partial charge in [-0.15, -0.1) is 0 Å². The van der Waals surface area contributed by atoms with Gasteiger partial charge in [0.2, 0.25) is 0 Å². The van der Waals surface area contributed by atoms with Crippen molar-refractivity contribution < 1.29 is 8.42 Å². The molecule has 0 bridgehead atoms. The molecule has 0 fully saturated rings. The predicted molar refractivity (Wildman–Crippen MR) is 69.2 cm³/mol. The van der Waals surface area contributed by atoms with Crippen LogP contribution in [0.2, 0.25) is 0 Å². The highest BCUT2D eigenvalue weighted by Gasteiger charge is 2.31. The average molecular weight is 255 g/mol. The molecule has 0 spiro atoms. The SMILES string of the molecule is Cc1cc2c(cc1N)N(S(=O)(=O)N(C)C)CC2. The van der Waals surface area contributed by atoms with Crippen molar-refractivity contribution in [1.82, 2.24) is 4.31 Å². The summed E-state index contributed by atoms with van der Waals surface area (Å²) in [6.07, 6.45) is 0.740. The summed E-state index contributed by atoms with van der Waals surface area (Å²) in [4.78, 5) is 0. The summed E-state index contributed by atoms with van der Waals surface area (Å²) in [7, 11) is -0.343. The molecule has 0 aromatic heterocycles. The van der Waals surface area contributed by atoms with E-state index in [2.05, 4.69) is 0 Å². The number of nitrogen functional groups attached to an aromatic ring is 1. The Morgan fingerprint density at radius 2 is 2.00 bits per heavy atom. The number of hydrogen-bond acceptors (Lipinski definition) is 3. The second kappa shape index (κ2) is 3.89. The number of fused-ring (bicyclic) bond motifs is 1. The molecule has 2 N–H and O–H groups in total. The molecule has 17 heavy (non-hydrogen) atoms. The van der Waals surface area contributed by atoms with Gasteiger partial charge in [0, 0.05) is 26.3 Å². The molecule has 1 heterocycles. The minimum absolute atomic E-state index is 0.485. The van der Waals surface area contributed by atoms with Crippen molar-refractivity contribution in [3.05, 3.63) is 23.3 Å². The molecule has 0 saturated heterocycles. The maximum Gasteiger partial charge on any atom is 0.303 e. The maximum atomic E-state index is 12.1. The van der Waals surface area contributed by atoms with Crippen molar-refractivity contribution in [3.63, 3.8) is 0 Å². The first-order valence-corrected chi connectivity index (χ1v) is 6.83. The zero-order valence-corrected chi connectivity index (χ0v) is 11.1. The van der Waals surface area contributed by atoms with Crippen LogP contribution in [-0.4, -0.2) is 33.4 Å². The quantitative estimate of drug-likeness (QED) is 0.793. The number of rotatable bonds is 2. The number of nitrogens with two attached hydrogens (primary N) is 1. The largest absolute Gasteiger partial charge is 0.398 e. The van der Waals surface area contributed by atoms with Crippen LogP contribution in [0.4, 0.5) is 11.4 Å². The van der Waals surface area contributed by atoms with Crippen LogP contribution in [-0.2, 0) is 16.6 Å². The van der Waals surface area contributed by atoms with Crippen LogP contribution in [0.1, 0.15) is 11.1 Å². The Morgan fingerprint density at radius 3 is 2.59 bits per heavy atom. The first-order valence-electron chi connectivity index (χ1n) is 5.43. The molecule has 0 unspecified atom stereocenters. The van der Waals surface area contributed by atoms with E-state index < -0.39 is 10.2 Å². The fraction of sp³-hybridized carbons (Fsp3) is 0.455. The van der Waals surface area contributed by atoms with E-state index in [1.54, 1.807) is 6.07 Å². The van der Waals surface area contributed by atoms with E-state index in [1.165, 1.54) is 22.7 Å². The van der Waals surface area contributed by atoms with Gasteiger partial charge in [-0.25, -0.2) is 0 Å². The Labute approximate surface area is 102 Å². The van der Waals surface area contributed by atoms with E-state index in [0.717, 1.165) is 17.5 Å². The molecule has 0 aliphatic carbocycles. The number of aryl methyl sites for hydroxylation is 1. The molecular formula is C11H17N3O2S. The van der Waals surface area contributed by atoms with Crippen LogP contribution >= 0.6 is 0 Å². The first kappa shape index (κ1) is 12.2. The maximum absolute atomic E-state index is 12.1. The molecule has 1 aromatic carbocycles. The molecule has 94 valence electrons. The van der Waals surface area contributed by atoms with Gasteiger partial charge in [0.25, 0.3) is 0 Å². The van der Waals surface area contributed by atoms with E-state index >= 15 is 0 Å². The summed E-state index contributed by atoms with van der Waals surface area (Å²) in [5.74, 6) is 0. The Balaban J connectivity index is 2.51. The molecule has 6 heteroatoms. The minimum atomic E-state index is -3.41. The second-order valence-corrected chi connectivity index (χ2v) is 6.52. The number of anilines is 2. The van der Waals surface area contributed by atoms with Gasteiger partial charge in [-0.1, -0.05) is 6.07 Å². The third-order valence-corrected chi connectivity index (χ3v) is 4.92. The zero-order chi connectivity index (χ0) is 12.8. The second-order valence-electron chi connectivity index (χ2n) is 4.45. The van der Waals surface area contributed by atoms with Gasteiger partial charge in [-0.05, 0) is 30.5 Å². The summed E-state index contributed by atoms with van der Waals surface area (Å²) in [6.45, 7) is 2.41. The fourth-order valence-electron chi connectivity index (χ4n) is 1.98. The molecule has 1 aliphatic rings. The lowest BCUT2D eigenvalue weighted by molar-refractivity contribution is 0.517. The predicted octanol–water partition coefficient (Wildman–Crippen LogP) is 0.746. The molecule has 2 rings (SSSR count). The van der Waals surface area contributed by atoms with Crippen LogP contribution in [0.15, 0.2) is 12.1 Å². The Morgan fingerprint density at radius 1 is 1.35 bits per heavy atom. The normalized spacial score (nSPS) is 15.4. The van der Waals surface area contributed by atoms with Gasteiger partial charge < -0.3 is 5.73 Å². The van der Waals surface area contributed by atoms with Gasteiger partial charge in [-0.2, -0.15) is 12.7 Å². The number of nitrogens with zero attached hydrogens (tertiary/aromatic N) is 2. The summed E-state index contributed by atoms with van der Waals surface area (Å²) < 4.78 is 26.8. The lowest BCUT2D eigenvalue weighted by Crippen LogP contribution is -2.39. The van der Waals surface area contributed by atoms with Gasteiger partial charge >= 0.3 is 10.2 Å². The van der Waals surface area contributed by atoms with Crippen molar-refractivity contribution in [2.24, 2.45) is 0 Å². The smallest absolute Gasteiger partial charge is 0.303 e. The van der Waals surface area contributed by atoms with Gasteiger partial charge in [0.15, 0.2) is 0 Å². The summed E-state index contributed by atoms with van der Waals surface area (Å²) in [6, 6.07) is 3.72. The van der Waals surface area contributed by atoms with Gasteiger partial charge in [-0.3, -0.25) is 4.31 Å². The fourth-order valence-corrected chi connectivity index (χ4v) is 3.12. The van der Waals surface area contributed by atoms with Crippen molar-refractivity contribution in [2.75, 3.05) is 30.7 Å². The van der Waals surface area contributed by atoms with E-state index in [0.29, 0.717) is 17.9 Å². The molecule has 0 radical (unpaired) electrons. The Hall–Kier alpha value is -1.27. The van der Waals surface area contributed by atoms with E-state index in [4.69, 9.17) is 5.73 Å². The lowest BCUT2D eigenvalue weighted by Gasteiger charge is -2.23. The third-order valence-electron chi connectivity index (χ3n) is 3.06. The van der Waals surface area contributed by atoms with Crippen molar-refractivity contribution in [1.29, 1.82) is 0 Å². The minimum Gasteiger partial charge on any atom is -0.398 e. The van der Waals surface area contributed by atoms with Crippen molar-refractivity contribution in [2.45, 2.75) is 13.3 Å². The summed E-state index contributed by atoms with van der Waals surface area (Å²) in [5.41, 5.74) is 9.22. The van der Waals surface area contributed by atoms with Crippen LogP contribution < -0.4 is 10.0 Å².